The van der Waals surface area contributed by atoms with Crippen molar-refractivity contribution < 1.29 is 13.2 Å². The van der Waals surface area contributed by atoms with Gasteiger partial charge >= 0.3 is 0 Å². The van der Waals surface area contributed by atoms with E-state index in [9.17, 15) is 13.2 Å². The quantitative estimate of drug-likeness (QED) is 0.775. The Morgan fingerprint density at radius 1 is 1.19 bits per heavy atom. The number of anilines is 1. The maximum atomic E-state index is 12.9. The normalized spacial score (nSPS) is 18.9. The molecule has 1 aromatic heterocycles. The average Bonchev–Trinajstić information content (AvgIpc) is 3.36. The Kier molecular flexibility index (Phi) is 5.32. The van der Waals surface area contributed by atoms with E-state index < -0.39 is 10.0 Å². The van der Waals surface area contributed by atoms with Gasteiger partial charge in [-0.3, -0.25) is 9.69 Å². The summed E-state index contributed by atoms with van der Waals surface area (Å²) in [5, 5.41) is 4.82. The van der Waals surface area contributed by atoms with Crippen LogP contribution in [0, 0.1) is 0 Å². The lowest BCUT2D eigenvalue weighted by molar-refractivity contribution is -0.116. The van der Waals surface area contributed by atoms with Gasteiger partial charge in [-0.05, 0) is 67.6 Å². The molecule has 0 spiro atoms. The summed E-state index contributed by atoms with van der Waals surface area (Å²) >= 11 is 1.67. The van der Waals surface area contributed by atoms with Crippen LogP contribution in [0.2, 0.25) is 0 Å². The van der Waals surface area contributed by atoms with Crippen molar-refractivity contribution in [2.75, 3.05) is 25.0 Å². The smallest absolute Gasteiger partial charge is 0.240 e. The standard InChI is InChI=1S/C19H23N3O3S2/c23-19-8-5-14-12-15(6-7-16(14)21-19)27(24,25)20-13-17(18-4-3-11-26-18)22-9-1-2-10-22/h3-4,6-7,11-12,17,20H,1-2,5,8-10,13H2,(H,21,23). The van der Waals surface area contributed by atoms with Crippen molar-refractivity contribution in [3.8, 4) is 0 Å². The Hall–Kier alpha value is -1.74. The molecule has 144 valence electrons. The van der Waals surface area contributed by atoms with Crippen LogP contribution in [0.1, 0.15) is 35.7 Å². The third-order valence-electron chi connectivity index (χ3n) is 5.20. The van der Waals surface area contributed by atoms with Crippen LogP contribution in [0.5, 0.6) is 0 Å². The van der Waals surface area contributed by atoms with Crippen molar-refractivity contribution in [3.63, 3.8) is 0 Å². The van der Waals surface area contributed by atoms with E-state index >= 15 is 0 Å². The van der Waals surface area contributed by atoms with E-state index in [1.54, 1.807) is 29.5 Å². The molecular formula is C19H23N3O3S2. The highest BCUT2D eigenvalue weighted by molar-refractivity contribution is 7.89. The van der Waals surface area contributed by atoms with E-state index in [1.165, 1.54) is 4.88 Å². The first-order chi connectivity index (χ1) is 13.0. The highest BCUT2D eigenvalue weighted by Crippen LogP contribution is 2.29. The molecule has 4 rings (SSSR count). The number of amides is 1. The molecule has 0 radical (unpaired) electrons. The van der Waals surface area contributed by atoms with E-state index in [2.05, 4.69) is 21.0 Å². The van der Waals surface area contributed by atoms with Gasteiger partial charge in [-0.25, -0.2) is 13.1 Å². The van der Waals surface area contributed by atoms with Crippen LogP contribution in [-0.2, 0) is 21.2 Å². The number of nitrogens with one attached hydrogen (secondary N) is 2. The number of carbonyl (C=O) groups is 1. The number of hydrogen-bond donors (Lipinski definition) is 2. The van der Waals surface area contributed by atoms with Gasteiger partial charge < -0.3 is 5.32 Å². The van der Waals surface area contributed by atoms with E-state index in [0.29, 0.717) is 25.1 Å². The fourth-order valence-corrected chi connectivity index (χ4v) is 5.69. The average molecular weight is 406 g/mol. The molecule has 1 amide bonds. The van der Waals surface area contributed by atoms with Crippen LogP contribution in [0.3, 0.4) is 0 Å². The molecule has 2 N–H and O–H groups in total. The number of nitrogens with zero attached hydrogens (tertiary/aromatic N) is 1. The number of aryl methyl sites for hydroxylation is 1. The van der Waals surface area contributed by atoms with E-state index in [4.69, 9.17) is 0 Å². The fraction of sp³-hybridized carbons (Fsp3) is 0.421. The minimum Gasteiger partial charge on any atom is -0.326 e. The van der Waals surface area contributed by atoms with Crippen molar-refractivity contribution in [1.29, 1.82) is 0 Å². The van der Waals surface area contributed by atoms with Crippen molar-refractivity contribution in [3.05, 3.63) is 46.2 Å². The van der Waals surface area contributed by atoms with Gasteiger partial charge in [0.2, 0.25) is 15.9 Å². The molecule has 1 atom stereocenters. The number of hydrogen-bond acceptors (Lipinski definition) is 5. The zero-order valence-electron chi connectivity index (χ0n) is 15.0. The molecule has 1 aromatic carbocycles. The summed E-state index contributed by atoms with van der Waals surface area (Å²) in [4.78, 5) is 15.3. The van der Waals surface area contributed by atoms with Crippen LogP contribution >= 0.6 is 11.3 Å². The summed E-state index contributed by atoms with van der Waals surface area (Å²) < 4.78 is 28.5. The summed E-state index contributed by atoms with van der Waals surface area (Å²) in [5.74, 6) is -0.0272. The number of likely N-dealkylation sites (tertiary alicyclic amines) is 1. The molecule has 1 unspecified atom stereocenters. The first kappa shape index (κ1) is 18.6. The van der Waals surface area contributed by atoms with Gasteiger partial charge in [0.05, 0.1) is 10.9 Å². The molecule has 27 heavy (non-hydrogen) atoms. The lowest BCUT2D eigenvalue weighted by atomic mass is 10.0. The number of benzene rings is 1. The molecule has 1 saturated heterocycles. The van der Waals surface area contributed by atoms with Gasteiger partial charge in [-0.1, -0.05) is 6.07 Å². The molecule has 6 nitrogen and oxygen atoms in total. The summed E-state index contributed by atoms with van der Waals surface area (Å²) in [5.41, 5.74) is 1.57. The zero-order valence-corrected chi connectivity index (χ0v) is 16.6. The van der Waals surface area contributed by atoms with E-state index in [-0.39, 0.29) is 16.8 Å². The highest BCUT2D eigenvalue weighted by Gasteiger charge is 2.27. The molecule has 2 aliphatic rings. The highest BCUT2D eigenvalue weighted by atomic mass is 32.2. The molecule has 0 aliphatic carbocycles. The number of thiophene rings is 1. The lowest BCUT2D eigenvalue weighted by Crippen LogP contribution is -2.36. The molecule has 2 aromatic rings. The van der Waals surface area contributed by atoms with Gasteiger partial charge in [0.15, 0.2) is 0 Å². The minimum atomic E-state index is -3.61. The van der Waals surface area contributed by atoms with Crippen LogP contribution < -0.4 is 10.0 Å². The zero-order chi connectivity index (χ0) is 18.9. The van der Waals surface area contributed by atoms with Gasteiger partial charge in [-0.15, -0.1) is 11.3 Å². The maximum absolute atomic E-state index is 12.9. The molecule has 0 bridgehead atoms. The Labute approximate surface area is 163 Å². The molecule has 0 saturated carbocycles. The first-order valence-corrected chi connectivity index (χ1v) is 11.6. The van der Waals surface area contributed by atoms with Gasteiger partial charge in [0.1, 0.15) is 0 Å². The number of carbonyl (C=O) groups excluding carboxylic acids is 1. The monoisotopic (exact) mass is 405 g/mol. The number of fused-ring (bicyclic) bond motifs is 1. The van der Waals surface area contributed by atoms with Gasteiger partial charge in [-0.2, -0.15) is 0 Å². The predicted molar refractivity (Wildman–Crippen MR) is 106 cm³/mol. The van der Waals surface area contributed by atoms with Crippen LogP contribution in [0.15, 0.2) is 40.6 Å². The summed E-state index contributed by atoms with van der Waals surface area (Å²) in [6.07, 6.45) is 3.27. The second kappa shape index (κ2) is 7.71. The second-order valence-electron chi connectivity index (χ2n) is 6.99. The Morgan fingerprint density at radius 3 is 2.74 bits per heavy atom. The third kappa shape index (κ3) is 4.08. The summed E-state index contributed by atoms with van der Waals surface area (Å²) in [6.45, 7) is 2.36. The van der Waals surface area contributed by atoms with Crippen molar-refractivity contribution in [2.45, 2.75) is 36.6 Å². The Balaban J connectivity index is 1.51. The SMILES string of the molecule is O=C1CCc2cc(S(=O)(=O)NCC(c3cccs3)N3CCCC3)ccc2N1. The lowest BCUT2D eigenvalue weighted by Gasteiger charge is -2.27. The fourth-order valence-electron chi connectivity index (χ4n) is 3.74. The topological polar surface area (TPSA) is 78.5 Å². The van der Waals surface area contributed by atoms with Gasteiger partial charge in [0, 0.05) is 23.5 Å². The molecule has 3 heterocycles. The molecular weight excluding hydrogens is 382 g/mol. The maximum Gasteiger partial charge on any atom is 0.240 e. The van der Waals surface area contributed by atoms with Gasteiger partial charge in [0.25, 0.3) is 0 Å². The summed E-state index contributed by atoms with van der Waals surface area (Å²) in [6, 6.07) is 9.06. The van der Waals surface area contributed by atoms with E-state index in [1.807, 2.05) is 11.4 Å². The Bertz CT molecular complexity index is 920. The van der Waals surface area contributed by atoms with Crippen LogP contribution in [-0.4, -0.2) is 38.9 Å². The van der Waals surface area contributed by atoms with Crippen LogP contribution in [0.4, 0.5) is 5.69 Å². The largest absolute Gasteiger partial charge is 0.326 e. The molecule has 8 heteroatoms. The van der Waals surface area contributed by atoms with Crippen molar-refractivity contribution in [2.24, 2.45) is 0 Å². The molecule has 2 aliphatic heterocycles. The molecule has 1 fully saturated rings. The Morgan fingerprint density at radius 2 is 2.00 bits per heavy atom. The first-order valence-electron chi connectivity index (χ1n) is 9.23. The summed E-state index contributed by atoms with van der Waals surface area (Å²) in [7, 11) is -3.61. The van der Waals surface area contributed by atoms with Crippen LogP contribution in [0.25, 0.3) is 0 Å². The number of rotatable bonds is 6. The minimum absolute atomic E-state index is 0.0272. The predicted octanol–water partition coefficient (Wildman–Crippen LogP) is 2.75. The third-order valence-corrected chi connectivity index (χ3v) is 7.60. The number of sulfonamides is 1. The van der Waals surface area contributed by atoms with E-state index in [0.717, 1.165) is 31.5 Å². The second-order valence-corrected chi connectivity index (χ2v) is 9.74. The van der Waals surface area contributed by atoms with Crippen molar-refractivity contribution in [1.82, 2.24) is 9.62 Å². The van der Waals surface area contributed by atoms with Crippen molar-refractivity contribution >= 4 is 33.0 Å².